The SMILES string of the molecule is COc1cc2c(cc1C)C(=O)N1CCCC1C=N2. The Hall–Kier alpha value is -1.84. The molecule has 1 aromatic rings. The van der Waals surface area contributed by atoms with Gasteiger partial charge < -0.3 is 9.64 Å². The summed E-state index contributed by atoms with van der Waals surface area (Å²) in [4.78, 5) is 18.9. The van der Waals surface area contributed by atoms with Crippen molar-refractivity contribution in [3.63, 3.8) is 0 Å². The summed E-state index contributed by atoms with van der Waals surface area (Å²) in [5.41, 5.74) is 2.38. The Morgan fingerprint density at radius 3 is 3.06 bits per heavy atom. The van der Waals surface area contributed by atoms with Gasteiger partial charge in [0.05, 0.1) is 24.4 Å². The normalized spacial score (nSPS) is 21.6. The lowest BCUT2D eigenvalue weighted by atomic mass is 10.1. The maximum Gasteiger partial charge on any atom is 0.256 e. The predicted molar refractivity (Wildman–Crippen MR) is 69.9 cm³/mol. The van der Waals surface area contributed by atoms with Crippen LogP contribution in [0.15, 0.2) is 17.1 Å². The molecule has 0 N–H and O–H groups in total. The zero-order chi connectivity index (χ0) is 12.7. The van der Waals surface area contributed by atoms with E-state index in [2.05, 4.69) is 4.99 Å². The Balaban J connectivity index is 2.12. The van der Waals surface area contributed by atoms with E-state index in [0.717, 1.165) is 36.4 Å². The Labute approximate surface area is 106 Å². The van der Waals surface area contributed by atoms with Crippen LogP contribution < -0.4 is 4.74 Å². The third-order valence-corrected chi connectivity index (χ3v) is 3.69. The first kappa shape index (κ1) is 11.3. The summed E-state index contributed by atoms with van der Waals surface area (Å²) < 4.78 is 5.28. The summed E-state index contributed by atoms with van der Waals surface area (Å²) in [5, 5.41) is 0. The number of aryl methyl sites for hydroxylation is 1. The number of benzene rings is 1. The van der Waals surface area contributed by atoms with Crippen molar-refractivity contribution < 1.29 is 9.53 Å². The van der Waals surface area contributed by atoms with E-state index >= 15 is 0 Å². The van der Waals surface area contributed by atoms with Crippen LogP contribution in [0.3, 0.4) is 0 Å². The van der Waals surface area contributed by atoms with Crippen molar-refractivity contribution in [1.29, 1.82) is 0 Å². The molecule has 4 nitrogen and oxygen atoms in total. The van der Waals surface area contributed by atoms with Crippen molar-refractivity contribution in [2.24, 2.45) is 4.99 Å². The second-order valence-corrected chi connectivity index (χ2v) is 4.83. The minimum Gasteiger partial charge on any atom is -0.496 e. The number of amides is 1. The van der Waals surface area contributed by atoms with E-state index in [0.29, 0.717) is 5.56 Å². The zero-order valence-corrected chi connectivity index (χ0v) is 10.6. The zero-order valence-electron chi connectivity index (χ0n) is 10.6. The van der Waals surface area contributed by atoms with Crippen molar-refractivity contribution in [2.75, 3.05) is 13.7 Å². The van der Waals surface area contributed by atoms with Crippen LogP contribution in [0.5, 0.6) is 5.75 Å². The molecule has 1 aromatic carbocycles. The summed E-state index contributed by atoms with van der Waals surface area (Å²) in [6, 6.07) is 3.90. The van der Waals surface area contributed by atoms with Crippen LogP contribution in [-0.2, 0) is 0 Å². The molecule has 0 aromatic heterocycles. The molecule has 0 radical (unpaired) electrons. The van der Waals surface area contributed by atoms with Crippen LogP contribution in [0.1, 0.15) is 28.8 Å². The fourth-order valence-corrected chi connectivity index (χ4v) is 2.70. The van der Waals surface area contributed by atoms with Gasteiger partial charge >= 0.3 is 0 Å². The van der Waals surface area contributed by atoms with Gasteiger partial charge in [0.1, 0.15) is 5.75 Å². The van der Waals surface area contributed by atoms with Gasteiger partial charge in [-0.1, -0.05) is 0 Å². The van der Waals surface area contributed by atoms with Crippen molar-refractivity contribution >= 4 is 17.8 Å². The van der Waals surface area contributed by atoms with E-state index in [9.17, 15) is 4.79 Å². The first-order valence-corrected chi connectivity index (χ1v) is 6.24. The largest absolute Gasteiger partial charge is 0.496 e. The highest BCUT2D eigenvalue weighted by Crippen LogP contribution is 2.33. The molecule has 1 unspecified atom stereocenters. The maximum absolute atomic E-state index is 12.5. The van der Waals surface area contributed by atoms with Gasteiger partial charge in [0.25, 0.3) is 5.91 Å². The summed E-state index contributed by atoms with van der Waals surface area (Å²) in [7, 11) is 1.63. The first-order valence-electron chi connectivity index (χ1n) is 6.24. The molecular formula is C14H16N2O2. The van der Waals surface area contributed by atoms with Crippen LogP contribution >= 0.6 is 0 Å². The lowest BCUT2D eigenvalue weighted by Gasteiger charge is -2.20. The fraction of sp³-hybridized carbons (Fsp3) is 0.429. The number of carbonyl (C=O) groups is 1. The fourth-order valence-electron chi connectivity index (χ4n) is 2.70. The average molecular weight is 244 g/mol. The lowest BCUT2D eigenvalue weighted by Crippen LogP contribution is -2.35. The molecule has 0 spiro atoms. The molecule has 0 aliphatic carbocycles. The molecule has 2 heterocycles. The standard InChI is InChI=1S/C14H16N2O2/c1-9-6-11-12(7-13(9)18-2)15-8-10-4-3-5-16(10)14(11)17/h6-8,10H,3-5H2,1-2H3. The van der Waals surface area contributed by atoms with E-state index < -0.39 is 0 Å². The Morgan fingerprint density at radius 1 is 1.44 bits per heavy atom. The molecule has 0 bridgehead atoms. The van der Waals surface area contributed by atoms with Crippen molar-refractivity contribution in [2.45, 2.75) is 25.8 Å². The Bertz CT molecular complexity index is 537. The van der Waals surface area contributed by atoms with Crippen molar-refractivity contribution in [3.8, 4) is 5.75 Å². The number of aliphatic imine (C=N–C) groups is 1. The van der Waals surface area contributed by atoms with Crippen LogP contribution in [-0.4, -0.2) is 36.7 Å². The second-order valence-electron chi connectivity index (χ2n) is 4.83. The molecule has 1 saturated heterocycles. The number of methoxy groups -OCH3 is 1. The van der Waals surface area contributed by atoms with Gasteiger partial charge in [-0.05, 0) is 31.4 Å². The highest BCUT2D eigenvalue weighted by Gasteiger charge is 2.31. The highest BCUT2D eigenvalue weighted by atomic mass is 16.5. The van der Waals surface area contributed by atoms with Gasteiger partial charge in [-0.15, -0.1) is 0 Å². The Kier molecular flexibility index (Phi) is 2.58. The summed E-state index contributed by atoms with van der Waals surface area (Å²) in [5.74, 6) is 0.872. The highest BCUT2D eigenvalue weighted by molar-refractivity contribution is 6.03. The Morgan fingerprint density at radius 2 is 2.28 bits per heavy atom. The van der Waals surface area contributed by atoms with E-state index in [1.165, 1.54) is 0 Å². The number of ether oxygens (including phenoxy) is 1. The number of hydrogen-bond acceptors (Lipinski definition) is 3. The predicted octanol–water partition coefficient (Wildman–Crippen LogP) is 2.32. The third-order valence-electron chi connectivity index (χ3n) is 3.69. The van der Waals surface area contributed by atoms with Gasteiger partial charge in [-0.3, -0.25) is 9.79 Å². The summed E-state index contributed by atoms with van der Waals surface area (Å²) in [6.45, 7) is 2.78. The van der Waals surface area contributed by atoms with Gasteiger partial charge in [-0.25, -0.2) is 0 Å². The summed E-state index contributed by atoms with van der Waals surface area (Å²) in [6.07, 6.45) is 3.97. The van der Waals surface area contributed by atoms with E-state index in [-0.39, 0.29) is 11.9 Å². The molecule has 2 aliphatic rings. The number of rotatable bonds is 1. The van der Waals surface area contributed by atoms with E-state index in [1.54, 1.807) is 7.11 Å². The van der Waals surface area contributed by atoms with Gasteiger partial charge in [0.15, 0.2) is 0 Å². The van der Waals surface area contributed by atoms with Gasteiger partial charge in [0, 0.05) is 18.8 Å². The number of carbonyl (C=O) groups excluding carboxylic acids is 1. The molecule has 1 atom stereocenters. The summed E-state index contributed by atoms with van der Waals surface area (Å²) >= 11 is 0. The molecule has 18 heavy (non-hydrogen) atoms. The third kappa shape index (κ3) is 1.60. The lowest BCUT2D eigenvalue weighted by molar-refractivity contribution is 0.0775. The number of nitrogens with zero attached hydrogens (tertiary/aromatic N) is 2. The maximum atomic E-state index is 12.5. The number of hydrogen-bond donors (Lipinski definition) is 0. The van der Waals surface area contributed by atoms with E-state index in [1.807, 2.05) is 30.2 Å². The smallest absolute Gasteiger partial charge is 0.256 e. The molecule has 94 valence electrons. The minimum atomic E-state index is 0.0933. The molecule has 1 amide bonds. The average Bonchev–Trinajstić information content (AvgIpc) is 2.80. The molecule has 0 saturated carbocycles. The first-order chi connectivity index (χ1) is 8.70. The van der Waals surface area contributed by atoms with E-state index in [4.69, 9.17) is 4.74 Å². The quantitative estimate of drug-likeness (QED) is 0.760. The van der Waals surface area contributed by atoms with Gasteiger partial charge in [-0.2, -0.15) is 0 Å². The minimum absolute atomic E-state index is 0.0933. The van der Waals surface area contributed by atoms with Crippen LogP contribution in [0.2, 0.25) is 0 Å². The molecule has 3 rings (SSSR count). The molecule has 1 fully saturated rings. The monoisotopic (exact) mass is 244 g/mol. The van der Waals surface area contributed by atoms with Crippen LogP contribution in [0, 0.1) is 6.92 Å². The molecule has 2 aliphatic heterocycles. The topological polar surface area (TPSA) is 41.9 Å². The van der Waals surface area contributed by atoms with Crippen LogP contribution in [0.4, 0.5) is 5.69 Å². The van der Waals surface area contributed by atoms with Crippen molar-refractivity contribution in [1.82, 2.24) is 4.90 Å². The molecule has 4 heteroatoms. The van der Waals surface area contributed by atoms with Crippen LogP contribution in [0.25, 0.3) is 0 Å². The number of fused-ring (bicyclic) bond motifs is 2. The van der Waals surface area contributed by atoms with Gasteiger partial charge in [0.2, 0.25) is 0 Å². The molecular weight excluding hydrogens is 228 g/mol. The second kappa shape index (κ2) is 4.12. The van der Waals surface area contributed by atoms with Crippen molar-refractivity contribution in [3.05, 3.63) is 23.3 Å².